The second-order valence-electron chi connectivity index (χ2n) is 4.40. The van der Waals surface area contributed by atoms with Crippen molar-refractivity contribution in [2.75, 3.05) is 19.9 Å². The van der Waals surface area contributed by atoms with Crippen LogP contribution in [0, 0.1) is 0 Å². The van der Waals surface area contributed by atoms with Crippen LogP contribution in [0.4, 0.5) is 0 Å². The lowest BCUT2D eigenvalue weighted by molar-refractivity contribution is -0.138. The molecule has 0 radical (unpaired) electrons. The molecular formula is C14H17NO4. The molecule has 1 aromatic carbocycles. The molecule has 0 saturated heterocycles. The van der Waals surface area contributed by atoms with E-state index >= 15 is 0 Å². The summed E-state index contributed by atoms with van der Waals surface area (Å²) in [6, 6.07) is 5.63. The molecule has 1 aliphatic rings. The molecule has 1 atom stereocenters. The summed E-state index contributed by atoms with van der Waals surface area (Å²) in [5, 5.41) is 8.94. The average Bonchev–Trinajstić information content (AvgIpc) is 2.84. The highest BCUT2D eigenvalue weighted by Gasteiger charge is 2.20. The smallest absolute Gasteiger partial charge is 0.317 e. The highest BCUT2D eigenvalue weighted by atomic mass is 16.7. The van der Waals surface area contributed by atoms with Crippen molar-refractivity contribution in [1.29, 1.82) is 0 Å². The van der Waals surface area contributed by atoms with Gasteiger partial charge in [0.05, 0.1) is 6.54 Å². The molecule has 1 N–H and O–H groups in total. The standard InChI is InChI=1S/C14H17NO4/c1-3-6-15(8-14(16)17)10(2)11-4-5-12-13(7-11)19-9-18-12/h3-5,7,10H,1,6,8-9H2,2H3,(H,16,17). The number of benzene rings is 1. The topological polar surface area (TPSA) is 59.0 Å². The van der Waals surface area contributed by atoms with Gasteiger partial charge in [-0.25, -0.2) is 0 Å². The molecule has 102 valence electrons. The maximum Gasteiger partial charge on any atom is 0.317 e. The zero-order valence-corrected chi connectivity index (χ0v) is 10.8. The maximum absolute atomic E-state index is 10.9. The number of carboxylic acid groups (broad SMARTS) is 1. The van der Waals surface area contributed by atoms with Crippen LogP contribution in [0.2, 0.25) is 0 Å². The lowest BCUT2D eigenvalue weighted by Crippen LogP contribution is -2.32. The third kappa shape index (κ3) is 3.06. The Labute approximate surface area is 112 Å². The first-order valence-electron chi connectivity index (χ1n) is 6.08. The fraction of sp³-hybridized carbons (Fsp3) is 0.357. The van der Waals surface area contributed by atoms with Crippen LogP contribution in [-0.2, 0) is 4.79 Å². The number of hydrogen-bond acceptors (Lipinski definition) is 4. The van der Waals surface area contributed by atoms with Gasteiger partial charge in [0.2, 0.25) is 6.79 Å². The molecule has 1 aromatic rings. The Kier molecular flexibility index (Phi) is 4.06. The number of ether oxygens (including phenoxy) is 2. The second-order valence-corrected chi connectivity index (χ2v) is 4.40. The van der Waals surface area contributed by atoms with Gasteiger partial charge >= 0.3 is 5.97 Å². The van der Waals surface area contributed by atoms with Gasteiger partial charge in [0, 0.05) is 12.6 Å². The Morgan fingerprint density at radius 1 is 1.53 bits per heavy atom. The molecule has 5 nitrogen and oxygen atoms in total. The summed E-state index contributed by atoms with van der Waals surface area (Å²) in [5.74, 6) is 0.581. The summed E-state index contributed by atoms with van der Waals surface area (Å²) in [5.41, 5.74) is 0.993. The minimum Gasteiger partial charge on any atom is -0.480 e. The van der Waals surface area contributed by atoms with Crippen LogP contribution >= 0.6 is 0 Å². The van der Waals surface area contributed by atoms with Crippen LogP contribution in [0.15, 0.2) is 30.9 Å². The molecule has 1 aliphatic heterocycles. The second kappa shape index (κ2) is 5.75. The van der Waals surface area contributed by atoms with E-state index < -0.39 is 5.97 Å². The third-order valence-electron chi connectivity index (χ3n) is 3.13. The van der Waals surface area contributed by atoms with Crippen molar-refractivity contribution in [3.63, 3.8) is 0 Å². The number of fused-ring (bicyclic) bond motifs is 1. The Morgan fingerprint density at radius 2 is 2.26 bits per heavy atom. The molecule has 0 amide bonds. The largest absolute Gasteiger partial charge is 0.480 e. The summed E-state index contributed by atoms with van der Waals surface area (Å²) < 4.78 is 10.6. The summed E-state index contributed by atoms with van der Waals surface area (Å²) >= 11 is 0. The van der Waals surface area contributed by atoms with Crippen molar-refractivity contribution in [3.8, 4) is 11.5 Å². The molecule has 2 rings (SSSR count). The number of rotatable bonds is 6. The summed E-state index contributed by atoms with van der Waals surface area (Å²) in [7, 11) is 0. The lowest BCUT2D eigenvalue weighted by atomic mass is 10.1. The summed E-state index contributed by atoms with van der Waals surface area (Å²) in [4.78, 5) is 12.7. The number of hydrogen-bond donors (Lipinski definition) is 1. The minimum absolute atomic E-state index is 0.0262. The van der Waals surface area contributed by atoms with Gasteiger partial charge in [-0.3, -0.25) is 9.69 Å². The van der Waals surface area contributed by atoms with Crippen LogP contribution in [0.25, 0.3) is 0 Å². The predicted octanol–water partition coefficient (Wildman–Crippen LogP) is 2.05. The Hall–Kier alpha value is -2.01. The van der Waals surface area contributed by atoms with Crippen LogP contribution in [0.3, 0.4) is 0 Å². The fourth-order valence-corrected chi connectivity index (χ4v) is 2.08. The fourth-order valence-electron chi connectivity index (χ4n) is 2.08. The molecule has 19 heavy (non-hydrogen) atoms. The van der Waals surface area contributed by atoms with Crippen molar-refractivity contribution in [2.45, 2.75) is 13.0 Å². The van der Waals surface area contributed by atoms with E-state index in [4.69, 9.17) is 14.6 Å². The maximum atomic E-state index is 10.9. The Morgan fingerprint density at radius 3 is 2.95 bits per heavy atom. The predicted molar refractivity (Wildman–Crippen MR) is 70.4 cm³/mol. The Bertz CT molecular complexity index is 486. The van der Waals surface area contributed by atoms with E-state index in [0.29, 0.717) is 12.3 Å². The molecule has 0 bridgehead atoms. The van der Waals surface area contributed by atoms with E-state index in [2.05, 4.69) is 6.58 Å². The number of nitrogens with zero attached hydrogens (tertiary/aromatic N) is 1. The highest BCUT2D eigenvalue weighted by Crippen LogP contribution is 2.35. The van der Waals surface area contributed by atoms with Crippen LogP contribution in [0.5, 0.6) is 11.5 Å². The minimum atomic E-state index is -0.852. The molecule has 0 aliphatic carbocycles. The molecule has 0 saturated carbocycles. The Balaban J connectivity index is 2.18. The number of carbonyl (C=O) groups is 1. The third-order valence-corrected chi connectivity index (χ3v) is 3.13. The van der Waals surface area contributed by atoms with Gasteiger partial charge in [-0.15, -0.1) is 6.58 Å². The quantitative estimate of drug-likeness (QED) is 0.796. The van der Waals surface area contributed by atoms with Gasteiger partial charge in [-0.2, -0.15) is 0 Å². The van der Waals surface area contributed by atoms with Crippen LogP contribution < -0.4 is 9.47 Å². The first kappa shape index (κ1) is 13.4. The summed E-state index contributed by atoms with van der Waals surface area (Å²) in [6.07, 6.45) is 1.70. The number of carboxylic acids is 1. The van der Waals surface area contributed by atoms with Crippen molar-refractivity contribution >= 4 is 5.97 Å². The van der Waals surface area contributed by atoms with E-state index in [1.54, 1.807) is 6.08 Å². The monoisotopic (exact) mass is 263 g/mol. The number of aliphatic carboxylic acids is 1. The first-order valence-corrected chi connectivity index (χ1v) is 6.08. The normalized spacial score (nSPS) is 14.4. The lowest BCUT2D eigenvalue weighted by Gasteiger charge is -2.26. The molecule has 1 heterocycles. The van der Waals surface area contributed by atoms with E-state index in [1.807, 2.05) is 30.0 Å². The van der Waals surface area contributed by atoms with Gasteiger partial charge in [-0.1, -0.05) is 12.1 Å². The van der Waals surface area contributed by atoms with Gasteiger partial charge in [0.15, 0.2) is 11.5 Å². The van der Waals surface area contributed by atoms with Crippen LogP contribution in [0.1, 0.15) is 18.5 Å². The van der Waals surface area contributed by atoms with Crippen molar-refractivity contribution in [1.82, 2.24) is 4.90 Å². The van der Waals surface area contributed by atoms with Crippen molar-refractivity contribution in [2.24, 2.45) is 0 Å². The van der Waals surface area contributed by atoms with Gasteiger partial charge in [0.25, 0.3) is 0 Å². The SMILES string of the molecule is C=CCN(CC(=O)O)C(C)c1ccc2c(c1)OCO2. The van der Waals surface area contributed by atoms with Crippen LogP contribution in [-0.4, -0.2) is 35.9 Å². The van der Waals surface area contributed by atoms with Gasteiger partial charge in [-0.05, 0) is 24.6 Å². The molecule has 1 unspecified atom stereocenters. The van der Waals surface area contributed by atoms with Crippen molar-refractivity contribution < 1.29 is 19.4 Å². The molecule has 0 aromatic heterocycles. The summed E-state index contributed by atoms with van der Waals surface area (Å²) in [6.45, 7) is 6.35. The molecule has 0 fully saturated rings. The molecule has 0 spiro atoms. The average molecular weight is 263 g/mol. The van der Waals surface area contributed by atoms with E-state index in [1.165, 1.54) is 0 Å². The van der Waals surface area contributed by atoms with E-state index in [0.717, 1.165) is 11.3 Å². The zero-order valence-electron chi connectivity index (χ0n) is 10.8. The first-order chi connectivity index (χ1) is 9.11. The zero-order chi connectivity index (χ0) is 13.8. The molecular weight excluding hydrogens is 246 g/mol. The van der Waals surface area contributed by atoms with Gasteiger partial charge in [0.1, 0.15) is 0 Å². The van der Waals surface area contributed by atoms with Crippen molar-refractivity contribution in [3.05, 3.63) is 36.4 Å². The van der Waals surface area contributed by atoms with E-state index in [-0.39, 0.29) is 19.4 Å². The molecule has 5 heteroatoms. The van der Waals surface area contributed by atoms with E-state index in [9.17, 15) is 4.79 Å². The van der Waals surface area contributed by atoms with Gasteiger partial charge < -0.3 is 14.6 Å². The highest BCUT2D eigenvalue weighted by molar-refractivity contribution is 5.69.